The fourth-order valence-electron chi connectivity index (χ4n) is 3.52. The van der Waals surface area contributed by atoms with E-state index in [0.29, 0.717) is 0 Å². The van der Waals surface area contributed by atoms with Gasteiger partial charge in [-0.3, -0.25) is 0 Å². The minimum atomic E-state index is 1.02. The van der Waals surface area contributed by atoms with Crippen LogP contribution >= 0.6 is 0 Å². The number of para-hydroxylation sites is 1. The maximum atomic E-state index is 3.53. The molecule has 1 aromatic heterocycles. The Morgan fingerprint density at radius 3 is 2.95 bits per heavy atom. The van der Waals surface area contributed by atoms with Gasteiger partial charge in [0.1, 0.15) is 12.2 Å². The second-order valence-electron chi connectivity index (χ2n) is 5.44. The van der Waals surface area contributed by atoms with E-state index in [1.807, 2.05) is 6.08 Å². The fourth-order valence-corrected chi connectivity index (χ4v) is 3.52. The zero-order chi connectivity index (χ0) is 13.1. The number of H-pyrrole nitrogens is 1. The van der Waals surface area contributed by atoms with Crippen molar-refractivity contribution in [3.05, 3.63) is 77.4 Å². The Labute approximate surface area is 116 Å². The number of rotatable bonds is 0. The summed E-state index contributed by atoms with van der Waals surface area (Å²) in [7, 11) is 0. The molecule has 92 valence electrons. The third-order valence-corrected chi connectivity index (χ3v) is 4.39. The number of allylic oxidation sites excluding steroid dienone is 6. The average molecular weight is 254 g/mol. The van der Waals surface area contributed by atoms with Crippen LogP contribution in [-0.4, -0.2) is 4.98 Å². The molecule has 2 aliphatic rings. The Bertz CT molecular complexity index is 964. The van der Waals surface area contributed by atoms with Crippen molar-refractivity contribution in [3.8, 4) is 0 Å². The van der Waals surface area contributed by atoms with Crippen molar-refractivity contribution in [1.29, 1.82) is 0 Å². The van der Waals surface area contributed by atoms with Crippen molar-refractivity contribution in [2.24, 2.45) is 0 Å². The minimum absolute atomic E-state index is 1.02. The third kappa shape index (κ3) is 1.16. The van der Waals surface area contributed by atoms with E-state index in [2.05, 4.69) is 59.6 Å². The zero-order valence-corrected chi connectivity index (χ0v) is 10.9. The highest BCUT2D eigenvalue weighted by molar-refractivity contribution is 6.11. The predicted octanol–water partition coefficient (Wildman–Crippen LogP) is 4.56. The second kappa shape index (κ2) is 3.47. The number of benzene rings is 2. The van der Waals surface area contributed by atoms with Gasteiger partial charge in [0.2, 0.25) is 0 Å². The summed E-state index contributed by atoms with van der Waals surface area (Å²) < 4.78 is 0. The number of nitrogens with one attached hydrogen (secondary N) is 1. The van der Waals surface area contributed by atoms with E-state index in [1.165, 1.54) is 44.1 Å². The molecule has 0 spiro atoms. The lowest BCUT2D eigenvalue weighted by molar-refractivity contribution is 1.27. The van der Waals surface area contributed by atoms with Crippen molar-refractivity contribution in [2.75, 3.05) is 0 Å². The van der Waals surface area contributed by atoms with Gasteiger partial charge < -0.3 is 4.98 Å². The summed E-state index contributed by atoms with van der Waals surface area (Å²) in [6.07, 6.45) is 10.5. The summed E-state index contributed by atoms with van der Waals surface area (Å²) in [5.41, 5.74) is 8.05. The standard InChI is InChI=1S/C19H12N/c1-2-6-13-12(5-1)11-16-14(13)9-10-18-19(16)15-7-3-4-8-17(15)20-18/h2-10,20H,11H2/q+1. The van der Waals surface area contributed by atoms with Crippen molar-refractivity contribution >= 4 is 27.4 Å². The quantitative estimate of drug-likeness (QED) is 0.566. The normalized spacial score (nSPS) is 15.8. The molecule has 1 nitrogen and oxygen atoms in total. The number of aromatic amines is 1. The highest BCUT2D eigenvalue weighted by Gasteiger charge is 2.28. The molecule has 0 saturated heterocycles. The van der Waals surface area contributed by atoms with Crippen LogP contribution in [0.5, 0.6) is 0 Å². The molecule has 0 fully saturated rings. The fraction of sp³-hybridized carbons (Fsp3) is 0.0526. The van der Waals surface area contributed by atoms with Gasteiger partial charge in [-0.25, -0.2) is 0 Å². The van der Waals surface area contributed by atoms with Gasteiger partial charge in [-0.2, -0.15) is 0 Å². The minimum Gasteiger partial charge on any atom is -0.355 e. The number of fused-ring (bicyclic) bond motifs is 6. The molecule has 20 heavy (non-hydrogen) atoms. The van der Waals surface area contributed by atoms with Gasteiger partial charge >= 0.3 is 0 Å². The summed E-state index contributed by atoms with van der Waals surface area (Å²) in [4.78, 5) is 3.53. The molecule has 0 bridgehead atoms. The van der Waals surface area contributed by atoms with E-state index in [1.54, 1.807) is 0 Å². The van der Waals surface area contributed by atoms with Crippen molar-refractivity contribution in [3.63, 3.8) is 0 Å². The van der Waals surface area contributed by atoms with Crippen LogP contribution in [0.1, 0.15) is 11.1 Å². The molecule has 0 radical (unpaired) electrons. The van der Waals surface area contributed by atoms with Crippen LogP contribution in [0, 0.1) is 6.08 Å². The summed E-state index contributed by atoms with van der Waals surface area (Å²) in [6, 6.07) is 13.0. The monoisotopic (exact) mass is 254 g/mol. The second-order valence-corrected chi connectivity index (χ2v) is 5.44. The first-order valence-electron chi connectivity index (χ1n) is 6.93. The summed E-state index contributed by atoms with van der Waals surface area (Å²) in [5, 5.41) is 2.71. The van der Waals surface area contributed by atoms with Gasteiger partial charge in [0, 0.05) is 39.9 Å². The number of hydrogen-bond acceptors (Lipinski definition) is 0. The van der Waals surface area contributed by atoms with Crippen LogP contribution in [0.4, 0.5) is 0 Å². The maximum absolute atomic E-state index is 3.53. The lowest BCUT2D eigenvalue weighted by atomic mass is 9.99. The third-order valence-electron chi connectivity index (χ3n) is 4.39. The number of aromatic nitrogens is 1. The molecule has 0 aliphatic heterocycles. The molecule has 5 rings (SSSR count). The lowest BCUT2D eigenvalue weighted by Crippen LogP contribution is -1.85. The molecule has 2 aliphatic carbocycles. The molecule has 3 aromatic rings. The van der Waals surface area contributed by atoms with E-state index in [4.69, 9.17) is 0 Å². The zero-order valence-electron chi connectivity index (χ0n) is 10.9. The van der Waals surface area contributed by atoms with Crippen molar-refractivity contribution < 1.29 is 0 Å². The Kier molecular flexibility index (Phi) is 1.77. The van der Waals surface area contributed by atoms with Crippen molar-refractivity contribution in [2.45, 2.75) is 6.42 Å². The highest BCUT2D eigenvalue weighted by atomic mass is 14.7. The predicted molar refractivity (Wildman–Crippen MR) is 83.4 cm³/mol. The van der Waals surface area contributed by atoms with Gasteiger partial charge in [0.05, 0.1) is 17.2 Å². The molecule has 0 amide bonds. The van der Waals surface area contributed by atoms with Crippen LogP contribution in [-0.2, 0) is 6.42 Å². The van der Waals surface area contributed by atoms with Gasteiger partial charge in [0.15, 0.2) is 0 Å². The van der Waals surface area contributed by atoms with E-state index in [0.717, 1.165) is 6.42 Å². The Balaban J connectivity index is 1.92. The molecule has 0 unspecified atom stereocenters. The molecule has 2 aromatic carbocycles. The Morgan fingerprint density at radius 1 is 1.00 bits per heavy atom. The molecule has 1 heterocycles. The van der Waals surface area contributed by atoms with Gasteiger partial charge in [-0.15, -0.1) is 0 Å². The van der Waals surface area contributed by atoms with Gasteiger partial charge in [-0.1, -0.05) is 18.2 Å². The van der Waals surface area contributed by atoms with E-state index >= 15 is 0 Å². The molecule has 1 N–H and O–H groups in total. The van der Waals surface area contributed by atoms with Crippen LogP contribution < -0.4 is 0 Å². The Morgan fingerprint density at radius 2 is 1.95 bits per heavy atom. The first-order chi connectivity index (χ1) is 9.92. The molecule has 1 heteroatoms. The summed E-state index contributed by atoms with van der Waals surface area (Å²) in [6.45, 7) is 0. The Hall–Kier alpha value is -2.63. The summed E-state index contributed by atoms with van der Waals surface area (Å²) in [5.74, 6) is 0. The molecule has 0 saturated carbocycles. The first-order valence-corrected chi connectivity index (χ1v) is 6.93. The van der Waals surface area contributed by atoms with E-state index in [9.17, 15) is 0 Å². The van der Waals surface area contributed by atoms with Gasteiger partial charge in [-0.05, 0) is 23.8 Å². The van der Waals surface area contributed by atoms with Crippen LogP contribution in [0.3, 0.4) is 0 Å². The SMILES string of the molecule is [C+]1=CC2=C(C=C1)c1ccc3[nH]c4ccccc4c3c1C2. The maximum Gasteiger partial charge on any atom is 0.107 e. The van der Waals surface area contributed by atoms with Crippen molar-refractivity contribution in [1.82, 2.24) is 4.98 Å². The average Bonchev–Trinajstić information content (AvgIpc) is 3.04. The topological polar surface area (TPSA) is 15.8 Å². The molecular formula is C19H12N+. The smallest absolute Gasteiger partial charge is 0.107 e. The summed E-state index contributed by atoms with van der Waals surface area (Å²) >= 11 is 0. The highest BCUT2D eigenvalue weighted by Crippen LogP contribution is 2.41. The van der Waals surface area contributed by atoms with Crippen LogP contribution in [0.2, 0.25) is 0 Å². The largest absolute Gasteiger partial charge is 0.355 e. The van der Waals surface area contributed by atoms with Gasteiger partial charge in [0.25, 0.3) is 0 Å². The van der Waals surface area contributed by atoms with Crippen LogP contribution in [0.15, 0.2) is 60.2 Å². The molecule has 0 atom stereocenters. The number of hydrogen-bond donors (Lipinski definition) is 1. The van der Waals surface area contributed by atoms with E-state index in [-0.39, 0.29) is 0 Å². The first kappa shape index (κ1) is 10.2. The van der Waals surface area contributed by atoms with E-state index < -0.39 is 0 Å². The molecular weight excluding hydrogens is 242 g/mol. The lowest BCUT2D eigenvalue weighted by Gasteiger charge is -2.01. The van der Waals surface area contributed by atoms with Crippen LogP contribution in [0.25, 0.3) is 27.4 Å².